The van der Waals surface area contributed by atoms with Crippen LogP contribution in [0.25, 0.3) is 0 Å². The third kappa shape index (κ3) is 11.5. The Labute approximate surface area is 277 Å². The van der Waals surface area contributed by atoms with Crippen LogP contribution < -0.4 is 10.6 Å². The summed E-state index contributed by atoms with van der Waals surface area (Å²) in [7, 11) is -4.06. The highest BCUT2D eigenvalue weighted by molar-refractivity contribution is 7.89. The lowest BCUT2D eigenvalue weighted by molar-refractivity contribution is -0.127. The second kappa shape index (κ2) is 17.1. The largest absolute Gasteiger partial charge is 0.445 e. The summed E-state index contributed by atoms with van der Waals surface area (Å²) in [4.78, 5) is 26.6. The second-order valence-corrected chi connectivity index (χ2v) is 14.8. The zero-order chi connectivity index (χ0) is 34.6. The molecule has 0 unspecified atom stereocenters. The molecule has 3 aromatic carbocycles. The van der Waals surface area contributed by atoms with Gasteiger partial charge in [0.1, 0.15) is 12.6 Å². The van der Waals surface area contributed by atoms with E-state index in [2.05, 4.69) is 15.8 Å². The molecule has 0 saturated carbocycles. The molecule has 0 bridgehead atoms. The molecule has 3 rings (SSSR count). The van der Waals surface area contributed by atoms with E-state index in [0.717, 1.165) is 11.1 Å². The van der Waals surface area contributed by atoms with Crippen LogP contribution in [0.4, 0.5) is 4.79 Å². The molecule has 0 fully saturated rings. The van der Waals surface area contributed by atoms with E-state index in [0.29, 0.717) is 5.56 Å². The number of ether oxygens (including phenoxy) is 1. The molecule has 254 valence electrons. The Morgan fingerprint density at radius 3 is 2.00 bits per heavy atom. The molecule has 0 saturated heterocycles. The number of carbonyl (C=O) groups excluding carboxylic acids is 2. The van der Waals surface area contributed by atoms with Crippen molar-refractivity contribution in [2.24, 2.45) is 16.5 Å². The third-order valence-corrected chi connectivity index (χ3v) is 9.22. The van der Waals surface area contributed by atoms with Crippen molar-refractivity contribution in [1.29, 1.82) is 0 Å². The van der Waals surface area contributed by atoms with Gasteiger partial charge < -0.3 is 25.7 Å². The van der Waals surface area contributed by atoms with Crippen molar-refractivity contribution >= 4 is 28.2 Å². The van der Waals surface area contributed by atoms with Crippen LogP contribution in [0.2, 0.25) is 0 Å². The summed E-state index contributed by atoms with van der Waals surface area (Å²) in [5, 5.41) is 29.0. The molecule has 3 aromatic rings. The summed E-state index contributed by atoms with van der Waals surface area (Å²) in [6.45, 7) is 8.97. The van der Waals surface area contributed by atoms with E-state index in [1.807, 2.05) is 74.5 Å². The van der Waals surface area contributed by atoms with Crippen molar-refractivity contribution in [3.05, 3.63) is 102 Å². The van der Waals surface area contributed by atoms with E-state index in [4.69, 9.17) is 9.94 Å². The zero-order valence-corrected chi connectivity index (χ0v) is 28.4. The molecule has 0 aliphatic carbocycles. The predicted octanol–water partition coefficient (Wildman–Crippen LogP) is 4.57. The molecule has 4 N–H and O–H groups in total. The number of sulfonamides is 1. The summed E-state index contributed by atoms with van der Waals surface area (Å²) < 4.78 is 34.1. The fourth-order valence-corrected chi connectivity index (χ4v) is 6.55. The number of aliphatic hydroxyl groups excluding tert-OH is 1. The Kier molecular flexibility index (Phi) is 13.5. The normalized spacial score (nSPS) is 14.1. The van der Waals surface area contributed by atoms with Gasteiger partial charge in [-0.2, -0.15) is 4.31 Å². The van der Waals surface area contributed by atoms with Crippen LogP contribution in [0.15, 0.2) is 95.0 Å². The van der Waals surface area contributed by atoms with Gasteiger partial charge in [0.25, 0.3) is 0 Å². The second-order valence-electron chi connectivity index (χ2n) is 12.9. The van der Waals surface area contributed by atoms with Crippen LogP contribution >= 0.6 is 0 Å². The number of amides is 2. The molecule has 11 nitrogen and oxygen atoms in total. The van der Waals surface area contributed by atoms with E-state index in [1.54, 1.807) is 20.8 Å². The molecule has 47 heavy (non-hydrogen) atoms. The van der Waals surface area contributed by atoms with Gasteiger partial charge in [-0.15, -0.1) is 0 Å². The fourth-order valence-electron chi connectivity index (χ4n) is 4.93. The number of hydrogen-bond acceptors (Lipinski definition) is 8. The lowest BCUT2D eigenvalue weighted by atomic mass is 9.85. The minimum atomic E-state index is -4.06. The maximum absolute atomic E-state index is 13.8. The number of hydrogen-bond donors (Lipinski definition) is 4. The molecule has 0 spiro atoms. The van der Waals surface area contributed by atoms with Crippen molar-refractivity contribution in [3.8, 4) is 0 Å². The topological polar surface area (TPSA) is 158 Å². The first-order chi connectivity index (χ1) is 22.2. The molecule has 2 amide bonds. The van der Waals surface area contributed by atoms with E-state index >= 15 is 0 Å². The molecule has 0 aliphatic heterocycles. The van der Waals surface area contributed by atoms with Crippen molar-refractivity contribution in [2.75, 3.05) is 13.1 Å². The average Bonchev–Trinajstić information content (AvgIpc) is 3.02. The summed E-state index contributed by atoms with van der Waals surface area (Å²) in [6, 6.07) is 22.3. The van der Waals surface area contributed by atoms with Gasteiger partial charge in [-0.05, 0) is 46.6 Å². The van der Waals surface area contributed by atoms with Crippen LogP contribution in [0.1, 0.15) is 51.3 Å². The number of carbonyl (C=O) groups is 2. The highest BCUT2D eigenvalue weighted by Gasteiger charge is 2.37. The van der Waals surface area contributed by atoms with Crippen LogP contribution in [-0.2, 0) is 32.6 Å². The summed E-state index contributed by atoms with van der Waals surface area (Å²) in [5.41, 5.74) is 1.39. The number of alkyl carbamates (subject to hydrolysis) is 1. The van der Waals surface area contributed by atoms with Crippen molar-refractivity contribution < 1.29 is 33.1 Å². The maximum Gasteiger partial charge on any atom is 0.408 e. The third-order valence-electron chi connectivity index (χ3n) is 7.38. The quantitative estimate of drug-likeness (QED) is 0.105. The van der Waals surface area contributed by atoms with Crippen molar-refractivity contribution in [2.45, 2.75) is 70.7 Å². The molecule has 0 aromatic heterocycles. The molecule has 12 heteroatoms. The van der Waals surface area contributed by atoms with Crippen molar-refractivity contribution in [3.63, 3.8) is 0 Å². The highest BCUT2D eigenvalue weighted by Crippen LogP contribution is 2.22. The lowest BCUT2D eigenvalue weighted by Crippen LogP contribution is -2.58. The molecule has 0 aliphatic rings. The SMILES string of the molecule is CC(C)CN(C[C@@H](O)[C@H](Cc1ccccc1)NC(=O)[C@@H](NC(=O)OCc1ccccc1)C(C)(C)C)S(=O)(=O)c1ccc(/C=N/O)cc1. The van der Waals surface area contributed by atoms with Gasteiger partial charge >= 0.3 is 6.09 Å². The number of nitrogens with zero attached hydrogens (tertiary/aromatic N) is 2. The van der Waals surface area contributed by atoms with Crippen LogP contribution in [-0.4, -0.2) is 72.5 Å². The number of benzene rings is 3. The molecule has 3 atom stereocenters. The van der Waals surface area contributed by atoms with Crippen molar-refractivity contribution in [1.82, 2.24) is 14.9 Å². The Balaban J connectivity index is 1.85. The fraction of sp³-hybridized carbons (Fsp3) is 0.400. The van der Waals surface area contributed by atoms with Gasteiger partial charge in [-0.1, -0.05) is 113 Å². The van der Waals surface area contributed by atoms with Crippen LogP contribution in [0.3, 0.4) is 0 Å². The number of oxime groups is 1. The Hall–Kier alpha value is -4.26. The molecule has 0 heterocycles. The molecular formula is C35H46N4O7S. The molecular weight excluding hydrogens is 620 g/mol. The highest BCUT2D eigenvalue weighted by atomic mass is 32.2. The van der Waals surface area contributed by atoms with Crippen LogP contribution in [0.5, 0.6) is 0 Å². The Morgan fingerprint density at radius 2 is 1.47 bits per heavy atom. The van der Waals surface area contributed by atoms with Gasteiger partial charge in [0, 0.05) is 13.1 Å². The Bertz CT molecular complexity index is 1560. The Morgan fingerprint density at radius 1 is 0.894 bits per heavy atom. The summed E-state index contributed by atoms with van der Waals surface area (Å²) in [6.07, 6.45) is -0.701. The van der Waals surface area contributed by atoms with Crippen LogP contribution in [0, 0.1) is 11.3 Å². The van der Waals surface area contributed by atoms with Gasteiger partial charge in [0.15, 0.2) is 0 Å². The van der Waals surface area contributed by atoms with Gasteiger partial charge in [-0.3, -0.25) is 4.79 Å². The first-order valence-electron chi connectivity index (χ1n) is 15.5. The van der Waals surface area contributed by atoms with Gasteiger partial charge in [0.2, 0.25) is 15.9 Å². The lowest BCUT2D eigenvalue weighted by Gasteiger charge is -2.34. The maximum atomic E-state index is 13.8. The minimum Gasteiger partial charge on any atom is -0.445 e. The first-order valence-corrected chi connectivity index (χ1v) is 16.9. The first kappa shape index (κ1) is 37.2. The minimum absolute atomic E-state index is 0.00935. The predicted molar refractivity (Wildman–Crippen MR) is 181 cm³/mol. The summed E-state index contributed by atoms with van der Waals surface area (Å²) in [5.74, 6) is -0.621. The average molecular weight is 667 g/mol. The van der Waals surface area contributed by atoms with E-state index < -0.39 is 45.6 Å². The van der Waals surface area contributed by atoms with E-state index in [9.17, 15) is 23.1 Å². The number of aliphatic hydroxyl groups is 1. The number of rotatable bonds is 15. The number of nitrogens with one attached hydrogen (secondary N) is 2. The standard InChI is InChI=1S/C35H46N4O7S/c1-25(2)22-39(47(44,45)29-18-16-27(17-19-29)21-36-43)23-31(40)30(20-26-12-8-6-9-13-26)37-33(41)32(35(3,4)5)38-34(42)46-24-28-14-10-7-11-15-28/h6-19,21,25,30-32,40,43H,20,22-24H2,1-5H3,(H,37,41)(H,38,42)/b36-21+/t30-,31+,32+/m0/s1. The van der Waals surface area contributed by atoms with E-state index in [1.165, 1.54) is 34.8 Å². The van der Waals surface area contributed by atoms with E-state index in [-0.39, 0.29) is 36.9 Å². The smallest absolute Gasteiger partial charge is 0.408 e. The molecule has 0 radical (unpaired) electrons. The summed E-state index contributed by atoms with van der Waals surface area (Å²) >= 11 is 0. The van der Waals surface area contributed by atoms with Gasteiger partial charge in [0.05, 0.1) is 23.3 Å². The van der Waals surface area contributed by atoms with Gasteiger partial charge in [-0.25, -0.2) is 13.2 Å². The monoisotopic (exact) mass is 666 g/mol. The zero-order valence-electron chi connectivity index (χ0n) is 27.5.